The summed E-state index contributed by atoms with van der Waals surface area (Å²) in [6, 6.07) is 14.7. The fraction of sp³-hybridized carbons (Fsp3) is 0. The van der Waals surface area contributed by atoms with E-state index in [-0.39, 0.29) is 11.3 Å². The van der Waals surface area contributed by atoms with E-state index in [0.29, 0.717) is 11.5 Å². The van der Waals surface area contributed by atoms with Gasteiger partial charge in [0.25, 0.3) is 5.91 Å². The molecule has 1 amide bonds. The van der Waals surface area contributed by atoms with Gasteiger partial charge >= 0.3 is 5.97 Å². The van der Waals surface area contributed by atoms with Crippen molar-refractivity contribution in [1.82, 2.24) is 10.4 Å². The first-order valence-electron chi connectivity index (χ1n) is 7.31. The number of aromatic nitrogens is 1. The number of hydrazone groups is 1. The van der Waals surface area contributed by atoms with Gasteiger partial charge in [-0.15, -0.1) is 0 Å². The molecule has 0 saturated heterocycles. The number of amides is 1. The molecule has 0 fully saturated rings. The van der Waals surface area contributed by atoms with E-state index >= 15 is 0 Å². The van der Waals surface area contributed by atoms with Crippen LogP contribution < -0.4 is 5.43 Å². The number of carbonyl (C=O) groups excluding carboxylic acids is 1. The molecule has 124 valence electrons. The summed E-state index contributed by atoms with van der Waals surface area (Å²) in [6.45, 7) is 0. The molecule has 0 unspecified atom stereocenters. The monoisotopic (exact) mass is 335 g/mol. The Kier molecular flexibility index (Phi) is 4.66. The average Bonchev–Trinajstić information content (AvgIpc) is 3.11. The minimum absolute atomic E-state index is 0.203. The van der Waals surface area contributed by atoms with Gasteiger partial charge in [0.1, 0.15) is 17.2 Å². The van der Waals surface area contributed by atoms with Crippen molar-refractivity contribution < 1.29 is 19.1 Å². The van der Waals surface area contributed by atoms with Crippen LogP contribution in [0.15, 0.2) is 70.3 Å². The number of carbonyl (C=O) groups is 2. The van der Waals surface area contributed by atoms with Crippen LogP contribution in [0.5, 0.6) is 0 Å². The summed E-state index contributed by atoms with van der Waals surface area (Å²) in [7, 11) is 0. The lowest BCUT2D eigenvalue weighted by Gasteiger charge is -1.98. The molecule has 1 aromatic carbocycles. The van der Waals surface area contributed by atoms with Gasteiger partial charge in [0.05, 0.1) is 11.8 Å². The van der Waals surface area contributed by atoms with E-state index in [1.54, 1.807) is 42.5 Å². The molecule has 2 N–H and O–H groups in total. The molecule has 7 nitrogen and oxygen atoms in total. The summed E-state index contributed by atoms with van der Waals surface area (Å²) in [5.41, 5.74) is 3.56. The first-order chi connectivity index (χ1) is 12.1. The summed E-state index contributed by atoms with van der Waals surface area (Å²) in [5.74, 6) is -0.400. The maximum absolute atomic E-state index is 11.8. The molecule has 0 spiro atoms. The lowest BCUT2D eigenvalue weighted by atomic mass is 10.1. The molecule has 2 heterocycles. The van der Waals surface area contributed by atoms with Crippen molar-refractivity contribution in [2.45, 2.75) is 0 Å². The van der Waals surface area contributed by atoms with Crippen LogP contribution in [0.4, 0.5) is 0 Å². The van der Waals surface area contributed by atoms with E-state index in [9.17, 15) is 9.59 Å². The van der Waals surface area contributed by atoms with Gasteiger partial charge in [0, 0.05) is 11.8 Å². The smallest absolute Gasteiger partial charge is 0.335 e. The highest BCUT2D eigenvalue weighted by Crippen LogP contribution is 2.22. The molecule has 25 heavy (non-hydrogen) atoms. The molecule has 0 atom stereocenters. The van der Waals surface area contributed by atoms with Crippen molar-refractivity contribution in [3.63, 3.8) is 0 Å². The lowest BCUT2D eigenvalue weighted by Crippen LogP contribution is -2.18. The van der Waals surface area contributed by atoms with Gasteiger partial charge in [-0.3, -0.25) is 9.78 Å². The second-order valence-corrected chi connectivity index (χ2v) is 5.00. The van der Waals surface area contributed by atoms with Crippen molar-refractivity contribution >= 4 is 18.1 Å². The highest BCUT2D eigenvalue weighted by atomic mass is 16.4. The fourth-order valence-corrected chi connectivity index (χ4v) is 2.06. The zero-order valence-corrected chi connectivity index (χ0v) is 12.9. The average molecular weight is 335 g/mol. The number of furan rings is 1. The van der Waals surface area contributed by atoms with Gasteiger partial charge in [-0.25, -0.2) is 10.2 Å². The van der Waals surface area contributed by atoms with E-state index in [1.807, 2.05) is 0 Å². The number of nitrogens with one attached hydrogen (secondary N) is 1. The zero-order valence-electron chi connectivity index (χ0n) is 12.9. The second-order valence-electron chi connectivity index (χ2n) is 5.00. The Balaban J connectivity index is 1.65. The molecule has 0 bridgehead atoms. The number of nitrogens with zero attached hydrogens (tertiary/aromatic N) is 2. The molecule has 2 aromatic heterocycles. The van der Waals surface area contributed by atoms with Crippen molar-refractivity contribution in [2.24, 2.45) is 5.10 Å². The van der Waals surface area contributed by atoms with Gasteiger partial charge in [-0.1, -0.05) is 18.2 Å². The van der Waals surface area contributed by atoms with Crippen LogP contribution in [-0.2, 0) is 0 Å². The predicted molar refractivity (Wildman–Crippen MR) is 90.4 cm³/mol. The number of benzene rings is 1. The summed E-state index contributed by atoms with van der Waals surface area (Å²) in [4.78, 5) is 26.5. The number of hydrogen-bond donors (Lipinski definition) is 2. The molecule has 0 aliphatic rings. The SMILES string of the molecule is O=C(O)c1ccc(-c2ccc(/C=N\NC(=O)c3ccccn3)o2)cc1. The molecule has 7 heteroatoms. The van der Waals surface area contributed by atoms with Gasteiger partial charge < -0.3 is 9.52 Å². The van der Waals surface area contributed by atoms with Crippen LogP contribution in [0.2, 0.25) is 0 Å². The molecule has 3 aromatic rings. The lowest BCUT2D eigenvalue weighted by molar-refractivity contribution is 0.0696. The van der Waals surface area contributed by atoms with E-state index in [0.717, 1.165) is 5.56 Å². The minimum Gasteiger partial charge on any atom is -0.478 e. The Hall–Kier alpha value is -3.74. The maximum atomic E-state index is 11.8. The quantitative estimate of drug-likeness (QED) is 0.551. The van der Waals surface area contributed by atoms with Crippen LogP contribution in [0, 0.1) is 0 Å². The minimum atomic E-state index is -0.984. The third-order valence-corrected chi connectivity index (χ3v) is 3.30. The third kappa shape index (κ3) is 3.97. The largest absolute Gasteiger partial charge is 0.478 e. The fourth-order valence-electron chi connectivity index (χ4n) is 2.06. The third-order valence-electron chi connectivity index (χ3n) is 3.30. The van der Waals surface area contributed by atoms with Crippen molar-refractivity contribution in [2.75, 3.05) is 0 Å². The Labute approximate surface area is 142 Å². The van der Waals surface area contributed by atoms with E-state index < -0.39 is 11.9 Å². The standard InChI is InChI=1S/C18H13N3O4/c22-17(15-3-1-2-10-19-15)21-20-11-14-8-9-16(25-14)12-4-6-13(7-5-12)18(23)24/h1-11H,(H,21,22)(H,23,24)/b20-11-. The topological polar surface area (TPSA) is 105 Å². The summed E-state index contributed by atoms with van der Waals surface area (Å²) < 4.78 is 5.59. The van der Waals surface area contributed by atoms with Gasteiger partial charge in [0.2, 0.25) is 0 Å². The molecule has 0 radical (unpaired) electrons. The number of hydrogen-bond acceptors (Lipinski definition) is 5. The summed E-state index contributed by atoms with van der Waals surface area (Å²) in [5, 5.41) is 12.7. The summed E-state index contributed by atoms with van der Waals surface area (Å²) in [6.07, 6.45) is 2.89. The van der Waals surface area contributed by atoms with Gasteiger partial charge in [-0.05, 0) is 36.4 Å². The zero-order chi connectivity index (χ0) is 17.6. The van der Waals surface area contributed by atoms with Gasteiger partial charge in [0.15, 0.2) is 0 Å². The number of carboxylic acid groups (broad SMARTS) is 1. The van der Waals surface area contributed by atoms with E-state index in [4.69, 9.17) is 9.52 Å². The van der Waals surface area contributed by atoms with E-state index in [1.165, 1.54) is 24.5 Å². The molecule has 0 saturated carbocycles. The van der Waals surface area contributed by atoms with Crippen molar-refractivity contribution in [3.05, 3.63) is 77.8 Å². The Morgan fingerprint density at radius 3 is 2.56 bits per heavy atom. The Morgan fingerprint density at radius 2 is 1.88 bits per heavy atom. The maximum Gasteiger partial charge on any atom is 0.335 e. The van der Waals surface area contributed by atoms with Crippen LogP contribution in [-0.4, -0.2) is 28.2 Å². The molecular weight excluding hydrogens is 322 g/mol. The molecule has 3 rings (SSSR count). The van der Waals surface area contributed by atoms with Crippen LogP contribution in [0.25, 0.3) is 11.3 Å². The summed E-state index contributed by atoms with van der Waals surface area (Å²) >= 11 is 0. The normalized spacial score (nSPS) is 10.7. The number of rotatable bonds is 5. The van der Waals surface area contributed by atoms with Crippen LogP contribution in [0.3, 0.4) is 0 Å². The van der Waals surface area contributed by atoms with E-state index in [2.05, 4.69) is 15.5 Å². The number of pyridine rings is 1. The highest BCUT2D eigenvalue weighted by Gasteiger charge is 2.07. The Bertz CT molecular complexity index is 915. The number of aromatic carboxylic acids is 1. The van der Waals surface area contributed by atoms with Crippen LogP contribution >= 0.6 is 0 Å². The predicted octanol–water partition coefficient (Wildman–Crippen LogP) is 2.80. The Morgan fingerprint density at radius 1 is 1.08 bits per heavy atom. The highest BCUT2D eigenvalue weighted by molar-refractivity contribution is 5.92. The van der Waals surface area contributed by atoms with Gasteiger partial charge in [-0.2, -0.15) is 5.10 Å². The van der Waals surface area contributed by atoms with Crippen LogP contribution in [0.1, 0.15) is 26.6 Å². The van der Waals surface area contributed by atoms with Crippen molar-refractivity contribution in [3.8, 4) is 11.3 Å². The van der Waals surface area contributed by atoms with Crippen molar-refractivity contribution in [1.29, 1.82) is 0 Å². The molecule has 0 aliphatic heterocycles. The molecular formula is C18H13N3O4. The first-order valence-corrected chi connectivity index (χ1v) is 7.31. The second kappa shape index (κ2) is 7.22. The molecule has 0 aliphatic carbocycles. The first kappa shape index (κ1) is 16.1. The number of carboxylic acids is 1.